The molecule has 0 aliphatic heterocycles. The van der Waals surface area contributed by atoms with E-state index in [9.17, 15) is 4.79 Å². The molecule has 2 aromatic carbocycles. The lowest BCUT2D eigenvalue weighted by molar-refractivity contribution is 0.102. The number of rotatable bonds is 2. The molecule has 92 valence electrons. The number of hydrogen-bond acceptors (Lipinski definition) is 2. The third kappa shape index (κ3) is 3.03. The van der Waals surface area contributed by atoms with Gasteiger partial charge in [-0.2, -0.15) is 0 Å². The van der Waals surface area contributed by atoms with Gasteiger partial charge < -0.3 is 11.1 Å². The molecule has 0 bridgehead atoms. The molecule has 3 nitrogen and oxygen atoms in total. The molecule has 5 heteroatoms. The number of hydrogen-bond donors (Lipinski definition) is 2. The van der Waals surface area contributed by atoms with Crippen molar-refractivity contribution in [3.8, 4) is 0 Å². The Bertz CT molecular complexity index is 581. The fourth-order valence-electron chi connectivity index (χ4n) is 1.50. The van der Waals surface area contributed by atoms with Gasteiger partial charge in [-0.15, -0.1) is 0 Å². The SMILES string of the molecule is Nc1cc(Cl)cc(C(=O)Nc2ccccc2Br)c1. The van der Waals surface area contributed by atoms with Crippen molar-refractivity contribution >= 4 is 44.8 Å². The number of anilines is 2. The highest BCUT2D eigenvalue weighted by Crippen LogP contribution is 2.23. The van der Waals surface area contributed by atoms with E-state index in [1.54, 1.807) is 24.3 Å². The molecule has 3 N–H and O–H groups in total. The van der Waals surface area contributed by atoms with Gasteiger partial charge in [0.05, 0.1) is 5.69 Å². The number of benzene rings is 2. The van der Waals surface area contributed by atoms with Crippen LogP contribution in [0.3, 0.4) is 0 Å². The van der Waals surface area contributed by atoms with E-state index < -0.39 is 0 Å². The van der Waals surface area contributed by atoms with Crippen LogP contribution in [-0.2, 0) is 0 Å². The Morgan fingerprint density at radius 1 is 1.22 bits per heavy atom. The predicted octanol–water partition coefficient (Wildman–Crippen LogP) is 3.94. The number of para-hydroxylation sites is 1. The Kier molecular flexibility index (Phi) is 3.89. The van der Waals surface area contributed by atoms with Crippen molar-refractivity contribution in [1.29, 1.82) is 0 Å². The Morgan fingerprint density at radius 2 is 1.94 bits per heavy atom. The summed E-state index contributed by atoms with van der Waals surface area (Å²) >= 11 is 9.22. The van der Waals surface area contributed by atoms with Crippen LogP contribution in [0.2, 0.25) is 5.02 Å². The van der Waals surface area contributed by atoms with Crippen LogP contribution < -0.4 is 11.1 Å². The van der Waals surface area contributed by atoms with Crippen molar-refractivity contribution in [3.63, 3.8) is 0 Å². The monoisotopic (exact) mass is 324 g/mol. The van der Waals surface area contributed by atoms with E-state index in [2.05, 4.69) is 21.2 Å². The first kappa shape index (κ1) is 12.9. The van der Waals surface area contributed by atoms with Crippen LogP contribution in [0.4, 0.5) is 11.4 Å². The second-order valence-corrected chi connectivity index (χ2v) is 5.00. The average molecular weight is 326 g/mol. The van der Waals surface area contributed by atoms with E-state index in [0.717, 1.165) is 4.47 Å². The van der Waals surface area contributed by atoms with Crippen molar-refractivity contribution in [2.24, 2.45) is 0 Å². The van der Waals surface area contributed by atoms with Gasteiger partial charge in [-0.3, -0.25) is 4.79 Å². The second kappa shape index (κ2) is 5.42. The highest BCUT2D eigenvalue weighted by atomic mass is 79.9. The fourth-order valence-corrected chi connectivity index (χ4v) is 2.13. The van der Waals surface area contributed by atoms with Crippen LogP contribution >= 0.6 is 27.5 Å². The number of nitrogen functional groups attached to an aromatic ring is 1. The van der Waals surface area contributed by atoms with Crippen molar-refractivity contribution in [2.45, 2.75) is 0 Å². The molecule has 1 amide bonds. The number of carbonyl (C=O) groups excluding carboxylic acids is 1. The molecule has 0 fully saturated rings. The van der Waals surface area contributed by atoms with Crippen LogP contribution in [0.15, 0.2) is 46.9 Å². The quantitative estimate of drug-likeness (QED) is 0.822. The van der Waals surface area contributed by atoms with Gasteiger partial charge >= 0.3 is 0 Å². The van der Waals surface area contributed by atoms with E-state index in [1.807, 2.05) is 18.2 Å². The molecule has 0 saturated heterocycles. The summed E-state index contributed by atoms with van der Waals surface area (Å²) in [5.74, 6) is -0.254. The lowest BCUT2D eigenvalue weighted by Crippen LogP contribution is -2.12. The lowest BCUT2D eigenvalue weighted by atomic mass is 10.2. The summed E-state index contributed by atoms with van der Waals surface area (Å²) < 4.78 is 0.813. The summed E-state index contributed by atoms with van der Waals surface area (Å²) in [5.41, 5.74) is 7.23. The zero-order chi connectivity index (χ0) is 13.1. The molecule has 2 aromatic rings. The van der Waals surface area contributed by atoms with Crippen molar-refractivity contribution < 1.29 is 4.79 Å². The molecule has 0 saturated carbocycles. The van der Waals surface area contributed by atoms with Gasteiger partial charge in [0.2, 0.25) is 0 Å². The first-order valence-corrected chi connectivity index (χ1v) is 6.35. The molecular formula is C13H10BrClN2O. The fraction of sp³-hybridized carbons (Fsp3) is 0. The second-order valence-electron chi connectivity index (χ2n) is 3.71. The molecule has 0 aliphatic carbocycles. The van der Waals surface area contributed by atoms with Gasteiger partial charge in [-0.05, 0) is 46.3 Å². The maximum absolute atomic E-state index is 12.0. The van der Waals surface area contributed by atoms with E-state index >= 15 is 0 Å². The van der Waals surface area contributed by atoms with Gasteiger partial charge in [0.25, 0.3) is 5.91 Å². The standard InChI is InChI=1S/C13H10BrClN2O/c14-11-3-1-2-4-12(11)17-13(18)8-5-9(15)7-10(16)6-8/h1-7H,16H2,(H,17,18). The molecule has 0 aromatic heterocycles. The van der Waals surface area contributed by atoms with Gasteiger partial charge in [-0.1, -0.05) is 23.7 Å². The minimum Gasteiger partial charge on any atom is -0.399 e. The van der Waals surface area contributed by atoms with Gasteiger partial charge in [0.15, 0.2) is 0 Å². The number of nitrogens with one attached hydrogen (secondary N) is 1. The van der Waals surface area contributed by atoms with Crippen LogP contribution in [0.5, 0.6) is 0 Å². The number of carbonyl (C=O) groups is 1. The van der Waals surface area contributed by atoms with Crippen molar-refractivity contribution in [1.82, 2.24) is 0 Å². The first-order chi connectivity index (χ1) is 8.56. The topological polar surface area (TPSA) is 55.1 Å². The van der Waals surface area contributed by atoms with E-state index in [-0.39, 0.29) is 5.91 Å². The van der Waals surface area contributed by atoms with Gasteiger partial charge in [0, 0.05) is 20.7 Å². The molecule has 0 atom stereocenters. The van der Waals surface area contributed by atoms with Crippen LogP contribution in [-0.4, -0.2) is 5.91 Å². The summed E-state index contributed by atoms with van der Waals surface area (Å²) in [6, 6.07) is 12.1. The van der Waals surface area contributed by atoms with Gasteiger partial charge in [-0.25, -0.2) is 0 Å². The van der Waals surface area contributed by atoms with Crippen LogP contribution in [0, 0.1) is 0 Å². The molecular weight excluding hydrogens is 316 g/mol. The van der Waals surface area contributed by atoms with Crippen molar-refractivity contribution in [2.75, 3.05) is 11.1 Å². The number of nitrogens with two attached hydrogens (primary N) is 1. The normalized spacial score (nSPS) is 10.1. The summed E-state index contributed by atoms with van der Waals surface area (Å²) in [7, 11) is 0. The van der Waals surface area contributed by atoms with E-state index in [4.69, 9.17) is 17.3 Å². The number of halogens is 2. The lowest BCUT2D eigenvalue weighted by Gasteiger charge is -2.08. The smallest absolute Gasteiger partial charge is 0.255 e. The Hall–Kier alpha value is -1.52. The maximum Gasteiger partial charge on any atom is 0.255 e. The zero-order valence-corrected chi connectivity index (χ0v) is 11.6. The number of amides is 1. The summed E-state index contributed by atoms with van der Waals surface area (Å²) in [6.45, 7) is 0. The Morgan fingerprint density at radius 3 is 2.61 bits per heavy atom. The summed E-state index contributed by atoms with van der Waals surface area (Å²) in [4.78, 5) is 12.0. The average Bonchev–Trinajstić information content (AvgIpc) is 2.31. The first-order valence-electron chi connectivity index (χ1n) is 5.18. The molecule has 18 heavy (non-hydrogen) atoms. The summed E-state index contributed by atoms with van der Waals surface area (Å²) in [5, 5.41) is 3.22. The maximum atomic E-state index is 12.0. The molecule has 2 rings (SSSR count). The molecule has 0 spiro atoms. The molecule has 0 radical (unpaired) electrons. The minimum absolute atomic E-state index is 0.254. The molecule has 0 unspecified atom stereocenters. The van der Waals surface area contributed by atoms with Crippen LogP contribution in [0.1, 0.15) is 10.4 Å². The van der Waals surface area contributed by atoms with Gasteiger partial charge in [0.1, 0.15) is 0 Å². The third-order valence-corrected chi connectivity index (χ3v) is 3.21. The molecule has 0 aliphatic rings. The minimum atomic E-state index is -0.254. The van der Waals surface area contributed by atoms with Crippen molar-refractivity contribution in [3.05, 3.63) is 57.5 Å². The largest absolute Gasteiger partial charge is 0.399 e. The zero-order valence-electron chi connectivity index (χ0n) is 9.28. The highest BCUT2D eigenvalue weighted by molar-refractivity contribution is 9.10. The molecule has 0 heterocycles. The highest BCUT2D eigenvalue weighted by Gasteiger charge is 2.09. The predicted molar refractivity (Wildman–Crippen MR) is 78.0 cm³/mol. The third-order valence-electron chi connectivity index (χ3n) is 2.30. The summed E-state index contributed by atoms with van der Waals surface area (Å²) in [6.07, 6.45) is 0. The van der Waals surface area contributed by atoms with E-state index in [0.29, 0.717) is 22.0 Å². The van der Waals surface area contributed by atoms with E-state index in [1.165, 1.54) is 0 Å². The Labute approximate surface area is 118 Å². The Balaban J connectivity index is 2.25. The van der Waals surface area contributed by atoms with Crippen LogP contribution in [0.25, 0.3) is 0 Å².